The summed E-state index contributed by atoms with van der Waals surface area (Å²) in [6.07, 6.45) is 0. The van der Waals surface area contributed by atoms with Crippen LogP contribution in [-0.2, 0) is 0 Å². The summed E-state index contributed by atoms with van der Waals surface area (Å²) in [5.41, 5.74) is 2.43. The normalized spacial score (nSPS) is 9.54. The van der Waals surface area contributed by atoms with Gasteiger partial charge < -0.3 is 0 Å². The van der Waals surface area contributed by atoms with Gasteiger partial charge in [-0.25, -0.2) is 0 Å². The van der Waals surface area contributed by atoms with Gasteiger partial charge in [0.25, 0.3) is 0 Å². The molecule has 70 valence electrons. The molecule has 0 atom stereocenters. The van der Waals surface area contributed by atoms with Crippen LogP contribution in [-0.4, -0.2) is 0 Å². The molecule has 0 fully saturated rings. The topological polar surface area (TPSA) is 0 Å². The standard InChI is InChI=1S/C11H13ClS/c1-8-9(2)11(12)6-4-5-7-13-10(8)3/h4-7H,1-3H3. The molecule has 1 heterocycles. The first kappa shape index (κ1) is 10.6. The predicted molar refractivity (Wildman–Crippen MR) is 61.2 cm³/mol. The molecule has 0 amide bonds. The fourth-order valence-corrected chi connectivity index (χ4v) is 1.90. The lowest BCUT2D eigenvalue weighted by Crippen LogP contribution is -1.79. The highest BCUT2D eigenvalue weighted by molar-refractivity contribution is 7.09. The van der Waals surface area contributed by atoms with E-state index in [0.29, 0.717) is 0 Å². The maximum atomic E-state index is 6.09. The molecular formula is C11H13ClS. The van der Waals surface area contributed by atoms with E-state index >= 15 is 0 Å². The van der Waals surface area contributed by atoms with E-state index in [4.69, 9.17) is 11.6 Å². The van der Waals surface area contributed by atoms with Crippen molar-refractivity contribution < 1.29 is 0 Å². The Hall–Kier alpha value is -0.530. The van der Waals surface area contributed by atoms with Crippen LogP contribution in [0.2, 0.25) is 5.02 Å². The smallest absolute Gasteiger partial charge is 0.0438 e. The molecule has 0 aliphatic carbocycles. The zero-order valence-electron chi connectivity index (χ0n) is 8.10. The number of aryl methyl sites for hydroxylation is 1. The maximum Gasteiger partial charge on any atom is 0.0438 e. The molecule has 0 bridgehead atoms. The van der Waals surface area contributed by atoms with Crippen LogP contribution < -0.4 is 0 Å². The molecule has 0 aliphatic heterocycles. The molecule has 1 aromatic heterocycles. The van der Waals surface area contributed by atoms with Gasteiger partial charge in [0.05, 0.1) is 0 Å². The minimum atomic E-state index is 0.823. The molecule has 0 nitrogen and oxygen atoms in total. The van der Waals surface area contributed by atoms with Crippen LogP contribution >= 0.6 is 22.9 Å². The first-order chi connectivity index (χ1) is 6.13. The summed E-state index contributed by atoms with van der Waals surface area (Å²) in [7, 11) is 0. The number of rotatable bonds is 0. The summed E-state index contributed by atoms with van der Waals surface area (Å²) in [6, 6.07) is 5.89. The summed E-state index contributed by atoms with van der Waals surface area (Å²) < 4.78 is 0. The van der Waals surface area contributed by atoms with Gasteiger partial charge >= 0.3 is 0 Å². The summed E-state index contributed by atoms with van der Waals surface area (Å²) in [5, 5.41) is 2.89. The van der Waals surface area contributed by atoms with Crippen molar-refractivity contribution in [2.24, 2.45) is 0 Å². The molecule has 13 heavy (non-hydrogen) atoms. The second-order valence-corrected chi connectivity index (χ2v) is 4.49. The van der Waals surface area contributed by atoms with E-state index in [2.05, 4.69) is 26.2 Å². The lowest BCUT2D eigenvalue weighted by atomic mass is 10.2. The van der Waals surface area contributed by atoms with Crippen molar-refractivity contribution in [2.75, 3.05) is 0 Å². The van der Waals surface area contributed by atoms with Crippen LogP contribution in [0.25, 0.3) is 0 Å². The summed E-state index contributed by atoms with van der Waals surface area (Å²) in [6.45, 7) is 6.27. The van der Waals surface area contributed by atoms with E-state index in [-0.39, 0.29) is 0 Å². The molecule has 0 aliphatic rings. The first-order valence-electron chi connectivity index (χ1n) is 4.17. The Morgan fingerprint density at radius 2 is 1.77 bits per heavy atom. The van der Waals surface area contributed by atoms with E-state index in [1.54, 1.807) is 11.3 Å². The molecule has 2 heteroatoms. The number of halogens is 1. The van der Waals surface area contributed by atoms with Gasteiger partial charge in [0.15, 0.2) is 0 Å². The van der Waals surface area contributed by atoms with Crippen molar-refractivity contribution in [1.82, 2.24) is 0 Å². The third kappa shape index (κ3) is 2.71. The zero-order valence-corrected chi connectivity index (χ0v) is 9.67. The van der Waals surface area contributed by atoms with E-state index in [1.807, 2.05) is 18.2 Å². The van der Waals surface area contributed by atoms with Crippen molar-refractivity contribution in [1.29, 1.82) is 0 Å². The van der Waals surface area contributed by atoms with Crippen molar-refractivity contribution >= 4 is 22.9 Å². The van der Waals surface area contributed by atoms with E-state index in [0.717, 1.165) is 10.6 Å². The molecule has 0 unspecified atom stereocenters. The predicted octanol–water partition coefficient (Wildman–Crippen LogP) is 4.45. The van der Waals surface area contributed by atoms with Crippen LogP contribution in [0, 0.1) is 20.8 Å². The Bertz CT molecular complexity index is 318. The van der Waals surface area contributed by atoms with Crippen LogP contribution in [0.15, 0.2) is 23.6 Å². The molecular weight excluding hydrogens is 200 g/mol. The SMILES string of the molecule is Cc1sccccc(Cl)c(C)c1C. The average Bonchev–Trinajstić information content (AvgIpc) is 2.16. The Kier molecular flexibility index (Phi) is 3.76. The second-order valence-electron chi connectivity index (χ2n) is 2.96. The fraction of sp³-hybridized carbons (Fsp3) is 0.273. The van der Waals surface area contributed by atoms with Crippen LogP contribution in [0.5, 0.6) is 0 Å². The third-order valence-corrected chi connectivity index (χ3v) is 3.49. The molecule has 0 radical (unpaired) electrons. The summed E-state index contributed by atoms with van der Waals surface area (Å²) >= 11 is 7.83. The third-order valence-electron chi connectivity index (χ3n) is 2.13. The van der Waals surface area contributed by atoms with E-state index in [9.17, 15) is 0 Å². The molecule has 0 N–H and O–H groups in total. The largest absolute Gasteiger partial charge is 0.149 e. The highest BCUT2D eigenvalue weighted by atomic mass is 35.5. The van der Waals surface area contributed by atoms with Gasteiger partial charge in [-0.1, -0.05) is 23.7 Å². The Morgan fingerprint density at radius 3 is 2.46 bits per heavy atom. The Morgan fingerprint density at radius 1 is 1.08 bits per heavy atom. The van der Waals surface area contributed by atoms with Crippen LogP contribution in [0.1, 0.15) is 16.0 Å². The van der Waals surface area contributed by atoms with Gasteiger partial charge in [-0.3, -0.25) is 0 Å². The summed E-state index contributed by atoms with van der Waals surface area (Å²) in [5.74, 6) is 0. The van der Waals surface area contributed by atoms with Crippen molar-refractivity contribution in [3.63, 3.8) is 0 Å². The van der Waals surface area contributed by atoms with Gasteiger partial charge in [-0.15, -0.1) is 11.3 Å². The van der Waals surface area contributed by atoms with E-state index < -0.39 is 0 Å². The molecule has 0 saturated heterocycles. The molecule has 1 aromatic rings. The zero-order chi connectivity index (χ0) is 9.84. The van der Waals surface area contributed by atoms with Gasteiger partial charge in [-0.05, 0) is 43.3 Å². The maximum absolute atomic E-state index is 6.09. The highest BCUT2D eigenvalue weighted by Gasteiger charge is 1.96. The average molecular weight is 213 g/mol. The second kappa shape index (κ2) is 4.64. The van der Waals surface area contributed by atoms with Gasteiger partial charge in [-0.2, -0.15) is 0 Å². The number of hydrogen-bond donors (Lipinski definition) is 0. The van der Waals surface area contributed by atoms with Crippen molar-refractivity contribution in [3.05, 3.63) is 44.6 Å². The molecule has 0 aromatic carbocycles. The Labute approximate surface area is 88.5 Å². The fourth-order valence-electron chi connectivity index (χ4n) is 0.983. The first-order valence-corrected chi connectivity index (χ1v) is 5.43. The van der Waals surface area contributed by atoms with Gasteiger partial charge in [0.2, 0.25) is 0 Å². The quantitative estimate of drug-likeness (QED) is 0.596. The number of hydrogen-bond acceptors (Lipinski definition) is 1. The van der Waals surface area contributed by atoms with Crippen LogP contribution in [0.4, 0.5) is 0 Å². The van der Waals surface area contributed by atoms with Crippen molar-refractivity contribution in [3.8, 4) is 0 Å². The summed E-state index contributed by atoms with van der Waals surface area (Å²) in [4.78, 5) is 1.30. The Balaban J connectivity index is 3.56. The van der Waals surface area contributed by atoms with Gasteiger partial charge in [0, 0.05) is 9.90 Å². The minimum absolute atomic E-state index is 0.823. The lowest BCUT2D eigenvalue weighted by molar-refractivity contribution is 1.32. The molecule has 0 saturated carbocycles. The molecule has 1 rings (SSSR count). The minimum Gasteiger partial charge on any atom is -0.149 e. The van der Waals surface area contributed by atoms with Crippen LogP contribution in [0.3, 0.4) is 0 Å². The van der Waals surface area contributed by atoms with E-state index in [1.165, 1.54) is 10.4 Å². The monoisotopic (exact) mass is 212 g/mol. The van der Waals surface area contributed by atoms with Crippen molar-refractivity contribution in [2.45, 2.75) is 20.8 Å². The lowest BCUT2D eigenvalue weighted by Gasteiger charge is -1.99. The van der Waals surface area contributed by atoms with Gasteiger partial charge in [0.1, 0.15) is 0 Å². The highest BCUT2D eigenvalue weighted by Crippen LogP contribution is 2.19. The molecule has 0 spiro atoms.